The van der Waals surface area contributed by atoms with E-state index in [1.807, 2.05) is 13.1 Å². The zero-order valence-electron chi connectivity index (χ0n) is 20.2. The average molecular weight is 488 g/mol. The number of piperazine rings is 1. The molecule has 1 amide bonds. The maximum absolute atomic E-state index is 14.5. The Bertz CT molecular complexity index is 1420. The summed E-state index contributed by atoms with van der Waals surface area (Å²) in [6.45, 7) is 4.43. The molecule has 0 aliphatic carbocycles. The standard InChI is InChI=1S/C24H23FN4O2.C3H3NO/c1-3-4-16-5-7-18-19(13-16)22(26-27-23(18)30)15-17-6-8-21(25)20(14-17)24(31)29-11-9-28(2)10-12-29;4-2-1-3-5/h5-8,13-14H,9-12,15H2,1-2H3,(H,27,30);3H,1H2. The second kappa shape index (κ2) is 12.4. The number of nitrogens with one attached hydrogen (secondary N) is 1. The first-order valence-electron chi connectivity index (χ1n) is 11.4. The lowest BCUT2D eigenvalue weighted by atomic mass is 10.0. The number of carbonyl (C=O) groups excluding carboxylic acids is 2. The number of benzene rings is 2. The number of hydrogen-bond donors (Lipinski definition) is 1. The minimum atomic E-state index is -0.535. The van der Waals surface area contributed by atoms with Gasteiger partial charge in [-0.05, 0) is 49.9 Å². The van der Waals surface area contributed by atoms with Crippen LogP contribution in [0.15, 0.2) is 41.2 Å². The molecular formula is C27H26FN5O3. The van der Waals surface area contributed by atoms with Gasteiger partial charge in [0.05, 0.1) is 29.1 Å². The SMILES string of the molecule is CC#Cc1ccc2c(=O)[nH]nc(Cc3ccc(F)c(C(=O)N4CCN(C)CC4)c3)c2c1.N#CCC=O. The van der Waals surface area contributed by atoms with Crippen molar-refractivity contribution < 1.29 is 14.0 Å². The van der Waals surface area contributed by atoms with Crippen LogP contribution in [0.4, 0.5) is 4.39 Å². The van der Waals surface area contributed by atoms with Crippen molar-refractivity contribution in [2.75, 3.05) is 33.2 Å². The summed E-state index contributed by atoms with van der Waals surface area (Å²) in [6, 6.07) is 11.6. The Kier molecular flexibility index (Phi) is 9.04. The molecule has 36 heavy (non-hydrogen) atoms. The van der Waals surface area contributed by atoms with E-state index >= 15 is 0 Å². The average Bonchev–Trinajstić information content (AvgIpc) is 2.88. The third kappa shape index (κ3) is 6.41. The highest BCUT2D eigenvalue weighted by Crippen LogP contribution is 2.21. The number of rotatable bonds is 4. The molecule has 1 aromatic heterocycles. The zero-order chi connectivity index (χ0) is 26.1. The second-order valence-corrected chi connectivity index (χ2v) is 8.25. The lowest BCUT2D eigenvalue weighted by Crippen LogP contribution is -2.47. The van der Waals surface area contributed by atoms with Crippen molar-refractivity contribution in [3.63, 3.8) is 0 Å². The number of halogens is 1. The molecule has 8 nitrogen and oxygen atoms in total. The molecule has 1 fully saturated rings. The number of fused-ring (bicyclic) bond motifs is 1. The highest BCUT2D eigenvalue weighted by molar-refractivity contribution is 5.95. The van der Waals surface area contributed by atoms with Crippen LogP contribution in [0, 0.1) is 29.0 Å². The molecule has 1 aliphatic heterocycles. The summed E-state index contributed by atoms with van der Waals surface area (Å²) in [5.41, 5.74) is 1.95. The molecule has 9 heteroatoms. The molecule has 184 valence electrons. The van der Waals surface area contributed by atoms with Gasteiger partial charge in [0.1, 0.15) is 12.1 Å². The number of hydrogen-bond acceptors (Lipinski definition) is 6. The van der Waals surface area contributed by atoms with Gasteiger partial charge in [0.25, 0.3) is 11.5 Å². The monoisotopic (exact) mass is 487 g/mol. The Hall–Kier alpha value is -4.34. The largest absolute Gasteiger partial charge is 0.336 e. The highest BCUT2D eigenvalue weighted by Gasteiger charge is 2.23. The minimum Gasteiger partial charge on any atom is -0.336 e. The molecule has 0 spiro atoms. The fourth-order valence-corrected chi connectivity index (χ4v) is 3.83. The van der Waals surface area contributed by atoms with E-state index in [1.54, 1.807) is 42.2 Å². The van der Waals surface area contributed by atoms with Gasteiger partial charge in [0.15, 0.2) is 0 Å². The van der Waals surface area contributed by atoms with Gasteiger partial charge in [-0.2, -0.15) is 10.4 Å². The van der Waals surface area contributed by atoms with Crippen molar-refractivity contribution in [2.45, 2.75) is 19.8 Å². The Labute approximate surface area is 208 Å². The van der Waals surface area contributed by atoms with Crippen LogP contribution in [0.5, 0.6) is 0 Å². The van der Waals surface area contributed by atoms with Crippen LogP contribution >= 0.6 is 0 Å². The molecular weight excluding hydrogens is 461 g/mol. The minimum absolute atomic E-state index is 0.0139. The summed E-state index contributed by atoms with van der Waals surface area (Å²) < 4.78 is 14.5. The first kappa shape index (κ1) is 26.3. The Balaban J connectivity index is 0.000000658. The Morgan fingerprint density at radius 2 is 1.92 bits per heavy atom. The summed E-state index contributed by atoms with van der Waals surface area (Å²) >= 11 is 0. The number of aromatic nitrogens is 2. The van der Waals surface area contributed by atoms with E-state index < -0.39 is 5.82 Å². The van der Waals surface area contributed by atoms with Gasteiger partial charge < -0.3 is 14.6 Å². The number of aldehydes is 1. The van der Waals surface area contributed by atoms with Crippen molar-refractivity contribution in [1.82, 2.24) is 20.0 Å². The second-order valence-electron chi connectivity index (χ2n) is 8.25. The predicted molar refractivity (Wildman–Crippen MR) is 134 cm³/mol. The molecule has 0 bridgehead atoms. The van der Waals surface area contributed by atoms with Crippen LogP contribution < -0.4 is 5.56 Å². The Morgan fingerprint density at radius 1 is 1.17 bits per heavy atom. The summed E-state index contributed by atoms with van der Waals surface area (Å²) in [7, 11) is 2.00. The fourth-order valence-electron chi connectivity index (χ4n) is 3.83. The number of likely N-dealkylation sites (N-methyl/N-ethyl adjacent to an activating group) is 1. The number of H-pyrrole nitrogens is 1. The molecule has 1 saturated heterocycles. The van der Waals surface area contributed by atoms with E-state index in [0.717, 1.165) is 24.2 Å². The van der Waals surface area contributed by atoms with Crippen LogP contribution in [0.3, 0.4) is 0 Å². The van der Waals surface area contributed by atoms with Gasteiger partial charge in [-0.25, -0.2) is 9.49 Å². The van der Waals surface area contributed by atoms with Crippen LogP contribution in [0.2, 0.25) is 0 Å². The van der Waals surface area contributed by atoms with Gasteiger partial charge in [-0.15, -0.1) is 5.92 Å². The summed E-state index contributed by atoms with van der Waals surface area (Å²) in [6.07, 6.45) is 0.930. The van der Waals surface area contributed by atoms with Gasteiger partial charge in [-0.3, -0.25) is 9.59 Å². The van der Waals surface area contributed by atoms with Crippen molar-refractivity contribution in [3.8, 4) is 17.9 Å². The van der Waals surface area contributed by atoms with Gasteiger partial charge in [0, 0.05) is 43.5 Å². The normalized spacial score (nSPS) is 13.1. The fraction of sp³-hybridized carbons (Fsp3) is 0.296. The third-order valence-corrected chi connectivity index (χ3v) is 5.73. The highest BCUT2D eigenvalue weighted by atomic mass is 19.1. The molecule has 1 aliphatic rings. The van der Waals surface area contributed by atoms with Crippen LogP contribution in [-0.2, 0) is 11.2 Å². The summed E-state index contributed by atoms with van der Waals surface area (Å²) in [5, 5.41) is 15.5. The van der Waals surface area contributed by atoms with E-state index in [0.29, 0.717) is 42.3 Å². The number of nitrogens with zero attached hydrogens (tertiary/aromatic N) is 4. The smallest absolute Gasteiger partial charge is 0.272 e. The molecule has 1 N–H and O–H groups in total. The molecule has 2 aromatic carbocycles. The van der Waals surface area contributed by atoms with Crippen molar-refractivity contribution >= 4 is 23.0 Å². The number of nitriles is 1. The molecule has 0 atom stereocenters. The predicted octanol–water partition coefficient (Wildman–Crippen LogP) is 2.51. The lowest BCUT2D eigenvalue weighted by Gasteiger charge is -2.32. The summed E-state index contributed by atoms with van der Waals surface area (Å²) in [4.78, 5) is 38.1. The van der Waals surface area contributed by atoms with Crippen LogP contribution in [0.1, 0.15) is 40.5 Å². The maximum atomic E-state index is 14.5. The molecule has 2 heterocycles. The van der Waals surface area contributed by atoms with E-state index in [2.05, 4.69) is 26.9 Å². The molecule has 4 rings (SSSR count). The quantitative estimate of drug-likeness (QED) is 0.447. The molecule has 3 aromatic rings. The molecule has 0 unspecified atom stereocenters. The maximum Gasteiger partial charge on any atom is 0.272 e. The molecule has 0 saturated carbocycles. The van der Waals surface area contributed by atoms with E-state index in [4.69, 9.17) is 5.26 Å². The zero-order valence-corrected chi connectivity index (χ0v) is 20.2. The summed E-state index contributed by atoms with van der Waals surface area (Å²) in [5.74, 6) is 5.00. The van der Waals surface area contributed by atoms with E-state index in [-0.39, 0.29) is 23.5 Å². The number of amides is 1. The lowest BCUT2D eigenvalue weighted by molar-refractivity contribution is -0.107. The van der Waals surface area contributed by atoms with Crippen LogP contribution in [-0.4, -0.2) is 65.4 Å². The first-order chi connectivity index (χ1) is 17.4. The van der Waals surface area contributed by atoms with Gasteiger partial charge in [0.2, 0.25) is 0 Å². The van der Waals surface area contributed by atoms with E-state index in [9.17, 15) is 18.8 Å². The first-order valence-corrected chi connectivity index (χ1v) is 11.4. The van der Waals surface area contributed by atoms with Crippen molar-refractivity contribution in [3.05, 3.63) is 75.0 Å². The van der Waals surface area contributed by atoms with Gasteiger partial charge in [-0.1, -0.05) is 12.0 Å². The third-order valence-electron chi connectivity index (χ3n) is 5.73. The van der Waals surface area contributed by atoms with E-state index in [1.165, 1.54) is 6.07 Å². The Morgan fingerprint density at radius 3 is 2.56 bits per heavy atom. The topological polar surface area (TPSA) is 110 Å². The number of aromatic amines is 1. The van der Waals surface area contributed by atoms with Gasteiger partial charge >= 0.3 is 0 Å². The van der Waals surface area contributed by atoms with Crippen molar-refractivity contribution in [2.24, 2.45) is 0 Å². The number of carbonyl (C=O) groups is 2. The van der Waals surface area contributed by atoms with Crippen molar-refractivity contribution in [1.29, 1.82) is 5.26 Å². The van der Waals surface area contributed by atoms with Crippen LogP contribution in [0.25, 0.3) is 10.8 Å². The molecule has 0 radical (unpaired) electrons.